The molecule has 5 nitrogen and oxygen atoms in total. The van der Waals surface area contributed by atoms with Crippen molar-refractivity contribution < 1.29 is 9.53 Å². The van der Waals surface area contributed by atoms with Crippen molar-refractivity contribution in [3.05, 3.63) is 29.3 Å². The number of amides is 1. The molecule has 1 aromatic carbocycles. The first-order valence-corrected chi connectivity index (χ1v) is 7.48. The number of aryl methyl sites for hydroxylation is 1. The lowest BCUT2D eigenvalue weighted by Gasteiger charge is -2.22. The van der Waals surface area contributed by atoms with Crippen LogP contribution in [0.3, 0.4) is 0 Å². The van der Waals surface area contributed by atoms with E-state index >= 15 is 0 Å². The maximum absolute atomic E-state index is 12.6. The van der Waals surface area contributed by atoms with Gasteiger partial charge in [0.25, 0.3) is 5.91 Å². The first-order chi connectivity index (χ1) is 10.1. The van der Waals surface area contributed by atoms with Crippen LogP contribution in [0.5, 0.6) is 0 Å². The molecular weight excluding hydrogens is 266 g/mol. The van der Waals surface area contributed by atoms with E-state index in [1.54, 1.807) is 13.2 Å². The van der Waals surface area contributed by atoms with Gasteiger partial charge in [-0.25, -0.2) is 0 Å². The summed E-state index contributed by atoms with van der Waals surface area (Å²) in [5.74, 6) is 0.112. The number of benzene rings is 1. The van der Waals surface area contributed by atoms with E-state index in [4.69, 9.17) is 10.5 Å². The van der Waals surface area contributed by atoms with Gasteiger partial charge in [-0.1, -0.05) is 0 Å². The van der Waals surface area contributed by atoms with Crippen LogP contribution in [0.4, 0.5) is 5.69 Å². The fraction of sp³-hybridized carbons (Fsp3) is 0.562. The second kappa shape index (κ2) is 7.43. The Labute approximate surface area is 126 Å². The Morgan fingerprint density at radius 3 is 2.81 bits per heavy atom. The highest BCUT2D eigenvalue weighted by atomic mass is 16.5. The van der Waals surface area contributed by atoms with Crippen LogP contribution in [0.25, 0.3) is 0 Å². The fourth-order valence-electron chi connectivity index (χ4n) is 2.72. The number of methoxy groups -OCH3 is 1. The van der Waals surface area contributed by atoms with Gasteiger partial charge in [-0.2, -0.15) is 0 Å². The second-order valence-electron chi connectivity index (χ2n) is 5.55. The smallest absolute Gasteiger partial charge is 0.254 e. The minimum absolute atomic E-state index is 0.112. The van der Waals surface area contributed by atoms with Crippen molar-refractivity contribution in [3.63, 3.8) is 0 Å². The second-order valence-corrected chi connectivity index (χ2v) is 5.55. The molecule has 0 bridgehead atoms. The molecule has 0 atom stereocenters. The molecule has 1 amide bonds. The Hall–Kier alpha value is -1.59. The number of nitrogen functional groups attached to an aromatic ring is 1. The number of anilines is 1. The van der Waals surface area contributed by atoms with Crippen LogP contribution in [0.1, 0.15) is 22.3 Å². The van der Waals surface area contributed by atoms with E-state index in [1.807, 2.05) is 24.0 Å². The van der Waals surface area contributed by atoms with Gasteiger partial charge in [0, 0.05) is 44.5 Å². The van der Waals surface area contributed by atoms with Gasteiger partial charge in [-0.05, 0) is 43.7 Å². The molecule has 1 aromatic rings. The molecule has 0 aromatic heterocycles. The third kappa shape index (κ3) is 4.19. The van der Waals surface area contributed by atoms with Gasteiger partial charge in [-0.3, -0.25) is 9.69 Å². The largest absolute Gasteiger partial charge is 0.399 e. The quantitative estimate of drug-likeness (QED) is 0.851. The topological polar surface area (TPSA) is 58.8 Å². The van der Waals surface area contributed by atoms with Crippen LogP contribution < -0.4 is 5.73 Å². The molecule has 0 unspecified atom stereocenters. The molecule has 0 radical (unpaired) electrons. The van der Waals surface area contributed by atoms with E-state index in [2.05, 4.69) is 4.90 Å². The lowest BCUT2D eigenvalue weighted by molar-refractivity contribution is 0.0758. The summed E-state index contributed by atoms with van der Waals surface area (Å²) in [5, 5.41) is 0. The van der Waals surface area contributed by atoms with E-state index in [0.717, 1.165) is 56.9 Å². The van der Waals surface area contributed by atoms with Crippen LogP contribution in [-0.2, 0) is 4.74 Å². The normalized spacial score (nSPS) is 16.8. The molecule has 0 aliphatic carbocycles. The molecule has 0 spiro atoms. The average Bonchev–Trinajstić information content (AvgIpc) is 2.70. The molecule has 2 rings (SSSR count). The van der Waals surface area contributed by atoms with Crippen LogP contribution >= 0.6 is 0 Å². The van der Waals surface area contributed by atoms with E-state index < -0.39 is 0 Å². The molecule has 0 saturated carbocycles. The fourth-order valence-corrected chi connectivity index (χ4v) is 2.72. The lowest BCUT2D eigenvalue weighted by Crippen LogP contribution is -2.36. The molecule has 1 saturated heterocycles. The van der Waals surface area contributed by atoms with Crippen LogP contribution in [0.15, 0.2) is 18.2 Å². The summed E-state index contributed by atoms with van der Waals surface area (Å²) in [4.78, 5) is 17.0. The zero-order chi connectivity index (χ0) is 15.2. The molecule has 1 aliphatic heterocycles. The number of nitrogens with zero attached hydrogens (tertiary/aromatic N) is 2. The van der Waals surface area contributed by atoms with E-state index in [9.17, 15) is 4.79 Å². The van der Waals surface area contributed by atoms with Crippen LogP contribution in [0.2, 0.25) is 0 Å². The Morgan fingerprint density at radius 2 is 2.10 bits per heavy atom. The minimum atomic E-state index is 0.112. The van der Waals surface area contributed by atoms with Crippen LogP contribution in [0, 0.1) is 6.92 Å². The van der Waals surface area contributed by atoms with Crippen molar-refractivity contribution in [2.24, 2.45) is 0 Å². The highest BCUT2D eigenvalue weighted by molar-refractivity contribution is 5.96. The molecule has 2 N–H and O–H groups in total. The summed E-state index contributed by atoms with van der Waals surface area (Å²) in [6.45, 7) is 7.12. The van der Waals surface area contributed by atoms with Crippen molar-refractivity contribution in [3.8, 4) is 0 Å². The standard InChI is InChI=1S/C16H25N3O2/c1-13-12-14(17)4-5-15(13)16(20)19-7-3-6-18(8-9-19)10-11-21-2/h4-5,12H,3,6-11,17H2,1-2H3. The summed E-state index contributed by atoms with van der Waals surface area (Å²) >= 11 is 0. The van der Waals surface area contributed by atoms with Gasteiger partial charge < -0.3 is 15.4 Å². The third-order valence-electron chi connectivity index (χ3n) is 3.97. The zero-order valence-corrected chi connectivity index (χ0v) is 13.0. The summed E-state index contributed by atoms with van der Waals surface area (Å²) in [6.07, 6.45) is 1.00. The number of carbonyl (C=O) groups is 1. The Morgan fingerprint density at radius 1 is 1.29 bits per heavy atom. The molecule has 1 fully saturated rings. The van der Waals surface area contributed by atoms with Gasteiger partial charge in [0.05, 0.1) is 6.61 Å². The van der Waals surface area contributed by atoms with Crippen molar-refractivity contribution in [2.75, 3.05) is 52.2 Å². The number of hydrogen-bond donors (Lipinski definition) is 1. The summed E-state index contributed by atoms with van der Waals surface area (Å²) in [6, 6.07) is 5.49. The summed E-state index contributed by atoms with van der Waals surface area (Å²) < 4.78 is 5.12. The summed E-state index contributed by atoms with van der Waals surface area (Å²) in [7, 11) is 1.72. The predicted molar refractivity (Wildman–Crippen MR) is 84.4 cm³/mol. The SMILES string of the molecule is COCCN1CCCN(C(=O)c2ccc(N)cc2C)CC1. The van der Waals surface area contributed by atoms with E-state index in [1.165, 1.54) is 0 Å². The molecule has 1 heterocycles. The Kier molecular flexibility index (Phi) is 5.59. The van der Waals surface area contributed by atoms with Gasteiger partial charge in [0.2, 0.25) is 0 Å². The first kappa shape index (κ1) is 15.8. The number of nitrogens with two attached hydrogens (primary N) is 1. The maximum atomic E-state index is 12.6. The van der Waals surface area contributed by atoms with Gasteiger partial charge in [0.1, 0.15) is 0 Å². The monoisotopic (exact) mass is 291 g/mol. The average molecular weight is 291 g/mol. The van der Waals surface area contributed by atoms with Gasteiger partial charge in [-0.15, -0.1) is 0 Å². The Bertz CT molecular complexity index is 490. The van der Waals surface area contributed by atoms with Crippen molar-refractivity contribution in [1.82, 2.24) is 9.80 Å². The predicted octanol–water partition coefficient (Wildman–Crippen LogP) is 1.37. The first-order valence-electron chi connectivity index (χ1n) is 7.48. The number of carbonyl (C=O) groups excluding carboxylic acids is 1. The third-order valence-corrected chi connectivity index (χ3v) is 3.97. The molecule has 116 valence electrons. The summed E-state index contributed by atoms with van der Waals surface area (Å²) in [5.41, 5.74) is 8.16. The van der Waals surface area contributed by atoms with Crippen LogP contribution in [-0.4, -0.2) is 62.1 Å². The highest BCUT2D eigenvalue weighted by Crippen LogP contribution is 2.16. The van der Waals surface area contributed by atoms with Crippen molar-refractivity contribution >= 4 is 11.6 Å². The number of ether oxygens (including phenoxy) is 1. The van der Waals surface area contributed by atoms with Crippen molar-refractivity contribution in [2.45, 2.75) is 13.3 Å². The lowest BCUT2D eigenvalue weighted by atomic mass is 10.1. The number of hydrogen-bond acceptors (Lipinski definition) is 4. The Balaban J connectivity index is 1.99. The van der Waals surface area contributed by atoms with E-state index in [-0.39, 0.29) is 5.91 Å². The maximum Gasteiger partial charge on any atom is 0.254 e. The van der Waals surface area contributed by atoms with Crippen molar-refractivity contribution in [1.29, 1.82) is 0 Å². The van der Waals surface area contributed by atoms with Gasteiger partial charge in [0.15, 0.2) is 0 Å². The number of rotatable bonds is 4. The van der Waals surface area contributed by atoms with E-state index in [0.29, 0.717) is 5.69 Å². The molecule has 1 aliphatic rings. The highest BCUT2D eigenvalue weighted by Gasteiger charge is 2.21. The molecular formula is C16H25N3O2. The van der Waals surface area contributed by atoms with Gasteiger partial charge >= 0.3 is 0 Å². The minimum Gasteiger partial charge on any atom is -0.399 e. The molecule has 5 heteroatoms. The zero-order valence-electron chi connectivity index (χ0n) is 13.0. The molecule has 21 heavy (non-hydrogen) atoms.